The van der Waals surface area contributed by atoms with Crippen LogP contribution in [-0.4, -0.2) is 26.7 Å². The lowest BCUT2D eigenvalue weighted by Crippen LogP contribution is -2.21. The Morgan fingerprint density at radius 1 is 1.00 bits per heavy atom. The number of fused-ring (bicyclic) bond motifs is 1. The minimum absolute atomic E-state index is 0.747. The second-order valence-corrected chi connectivity index (χ2v) is 7.50. The van der Waals surface area contributed by atoms with E-state index in [1.807, 2.05) is 0 Å². The van der Waals surface area contributed by atoms with Crippen LogP contribution in [-0.2, 0) is 6.42 Å². The van der Waals surface area contributed by atoms with E-state index in [1.54, 1.807) is 12.5 Å². The predicted octanol–water partition coefficient (Wildman–Crippen LogP) is 4.59. The van der Waals surface area contributed by atoms with Gasteiger partial charge in [-0.1, -0.05) is 49.6 Å². The Hall–Kier alpha value is -2.43. The van der Waals surface area contributed by atoms with E-state index in [2.05, 4.69) is 55.8 Å². The summed E-state index contributed by atoms with van der Waals surface area (Å²) in [5.41, 5.74) is 2.27. The van der Waals surface area contributed by atoms with Gasteiger partial charge in [-0.25, -0.2) is 9.97 Å². The fraction of sp³-hybridized carbons (Fsp3) is 0.476. The molecule has 136 valence electrons. The summed E-state index contributed by atoms with van der Waals surface area (Å²) >= 11 is 0. The zero-order valence-corrected chi connectivity index (χ0v) is 15.2. The summed E-state index contributed by atoms with van der Waals surface area (Å²) < 4.78 is 0. The smallest absolute Gasteiger partial charge is 0.160 e. The van der Waals surface area contributed by atoms with Gasteiger partial charge in [-0.2, -0.15) is 5.10 Å². The second-order valence-electron chi connectivity index (χ2n) is 7.50. The number of aromatic nitrogens is 4. The molecule has 3 aromatic rings. The number of hydrogen-bond acceptors (Lipinski definition) is 4. The molecule has 0 saturated heterocycles. The molecule has 2 N–H and O–H groups in total. The Labute approximate surface area is 154 Å². The van der Waals surface area contributed by atoms with Crippen LogP contribution in [0.5, 0.6) is 0 Å². The van der Waals surface area contributed by atoms with Gasteiger partial charge in [0.15, 0.2) is 5.65 Å². The van der Waals surface area contributed by atoms with E-state index in [0.29, 0.717) is 0 Å². The van der Waals surface area contributed by atoms with Gasteiger partial charge >= 0.3 is 0 Å². The zero-order chi connectivity index (χ0) is 17.6. The molecule has 1 saturated carbocycles. The van der Waals surface area contributed by atoms with Gasteiger partial charge in [-0.15, -0.1) is 0 Å². The molecule has 0 radical (unpaired) electrons. The average molecular weight is 349 g/mol. The molecule has 4 rings (SSSR count). The minimum Gasteiger partial charge on any atom is -0.369 e. The third kappa shape index (κ3) is 4.21. The van der Waals surface area contributed by atoms with Crippen molar-refractivity contribution in [3.05, 3.63) is 48.4 Å². The van der Waals surface area contributed by atoms with Crippen molar-refractivity contribution in [2.24, 2.45) is 11.8 Å². The number of benzene rings is 1. The van der Waals surface area contributed by atoms with E-state index in [1.165, 1.54) is 50.5 Å². The van der Waals surface area contributed by atoms with Gasteiger partial charge in [-0.3, -0.25) is 5.10 Å². The molecule has 5 nitrogen and oxygen atoms in total. The normalized spacial score (nSPS) is 20.3. The average Bonchev–Trinajstić information content (AvgIpc) is 3.18. The molecule has 0 unspecified atom stereocenters. The number of H-pyrrole nitrogens is 1. The van der Waals surface area contributed by atoms with Crippen LogP contribution in [0.25, 0.3) is 11.0 Å². The number of hydrogen-bond donors (Lipinski definition) is 2. The van der Waals surface area contributed by atoms with Crippen molar-refractivity contribution in [2.75, 3.05) is 11.9 Å². The lowest BCUT2D eigenvalue weighted by molar-refractivity contribution is 0.268. The fourth-order valence-electron chi connectivity index (χ4n) is 4.11. The van der Waals surface area contributed by atoms with Crippen LogP contribution >= 0.6 is 0 Å². The standard InChI is InChI=1S/C21H27N5/c1-2-5-16(6-3-1)7-4-8-17-9-11-18(12-10-17)13-22-20-19-14-25-26-21(19)24-15-23-20/h1-3,5-6,14-15,17-18H,4,7-13H2,(H2,22,23,24,25,26). The predicted molar refractivity (Wildman–Crippen MR) is 105 cm³/mol. The summed E-state index contributed by atoms with van der Waals surface area (Å²) in [6.45, 7) is 0.994. The Bertz CT molecular complexity index is 805. The molecule has 1 aliphatic rings. The van der Waals surface area contributed by atoms with Crippen molar-refractivity contribution in [1.82, 2.24) is 20.2 Å². The monoisotopic (exact) mass is 349 g/mol. The SMILES string of the molecule is c1ccc(CCCC2CCC(CNc3ncnc4[nH]ncc34)CC2)cc1. The Kier molecular flexibility index (Phi) is 5.43. The van der Waals surface area contributed by atoms with E-state index in [0.717, 1.165) is 35.2 Å². The summed E-state index contributed by atoms with van der Waals surface area (Å²) in [6.07, 6.45) is 12.7. The molecule has 0 aliphatic heterocycles. The van der Waals surface area contributed by atoms with Crippen LogP contribution in [0, 0.1) is 11.8 Å². The molecule has 2 aromatic heterocycles. The first-order valence-corrected chi connectivity index (χ1v) is 9.80. The third-order valence-corrected chi connectivity index (χ3v) is 5.69. The molecule has 0 atom stereocenters. The molecular formula is C21H27N5. The van der Waals surface area contributed by atoms with E-state index in [9.17, 15) is 0 Å². The van der Waals surface area contributed by atoms with Gasteiger partial charge in [0.25, 0.3) is 0 Å². The molecule has 1 fully saturated rings. The molecule has 26 heavy (non-hydrogen) atoms. The maximum absolute atomic E-state index is 4.37. The van der Waals surface area contributed by atoms with Crippen molar-refractivity contribution < 1.29 is 0 Å². The summed E-state index contributed by atoms with van der Waals surface area (Å²) in [6, 6.07) is 10.9. The van der Waals surface area contributed by atoms with E-state index in [4.69, 9.17) is 0 Å². The molecule has 0 amide bonds. The van der Waals surface area contributed by atoms with Crippen molar-refractivity contribution in [3.63, 3.8) is 0 Å². The van der Waals surface area contributed by atoms with Gasteiger partial charge in [0.1, 0.15) is 12.1 Å². The Morgan fingerprint density at radius 3 is 2.65 bits per heavy atom. The first-order chi connectivity index (χ1) is 12.9. The number of anilines is 1. The number of nitrogens with zero attached hydrogens (tertiary/aromatic N) is 3. The highest BCUT2D eigenvalue weighted by Gasteiger charge is 2.21. The maximum atomic E-state index is 4.37. The second kappa shape index (κ2) is 8.30. The van der Waals surface area contributed by atoms with Crippen LogP contribution < -0.4 is 5.32 Å². The van der Waals surface area contributed by atoms with Crippen LogP contribution in [0.1, 0.15) is 44.1 Å². The molecule has 0 spiro atoms. The minimum atomic E-state index is 0.747. The molecule has 0 bridgehead atoms. The highest BCUT2D eigenvalue weighted by molar-refractivity contribution is 5.85. The molecule has 1 aromatic carbocycles. The zero-order valence-electron chi connectivity index (χ0n) is 15.2. The lowest BCUT2D eigenvalue weighted by atomic mass is 9.79. The molecule has 5 heteroatoms. The fourth-order valence-corrected chi connectivity index (χ4v) is 4.11. The number of nitrogens with one attached hydrogen (secondary N) is 2. The van der Waals surface area contributed by atoms with Gasteiger partial charge in [0.05, 0.1) is 11.6 Å². The van der Waals surface area contributed by atoms with Gasteiger partial charge < -0.3 is 5.32 Å². The largest absolute Gasteiger partial charge is 0.369 e. The highest BCUT2D eigenvalue weighted by atomic mass is 15.2. The topological polar surface area (TPSA) is 66.5 Å². The summed E-state index contributed by atoms with van der Waals surface area (Å²) in [7, 11) is 0. The number of aromatic amines is 1. The van der Waals surface area contributed by atoms with Gasteiger partial charge in [0.2, 0.25) is 0 Å². The molecule has 1 aliphatic carbocycles. The summed E-state index contributed by atoms with van der Waals surface area (Å²) in [4.78, 5) is 8.55. The molecular weight excluding hydrogens is 322 g/mol. The van der Waals surface area contributed by atoms with E-state index < -0.39 is 0 Å². The maximum Gasteiger partial charge on any atom is 0.160 e. The van der Waals surface area contributed by atoms with E-state index >= 15 is 0 Å². The summed E-state index contributed by atoms with van der Waals surface area (Å²) in [5, 5.41) is 11.4. The number of aryl methyl sites for hydroxylation is 1. The van der Waals surface area contributed by atoms with Crippen molar-refractivity contribution in [2.45, 2.75) is 44.9 Å². The number of rotatable bonds is 7. The van der Waals surface area contributed by atoms with E-state index in [-0.39, 0.29) is 0 Å². The third-order valence-electron chi connectivity index (χ3n) is 5.69. The quantitative estimate of drug-likeness (QED) is 0.654. The van der Waals surface area contributed by atoms with Crippen molar-refractivity contribution >= 4 is 16.9 Å². The Morgan fingerprint density at radius 2 is 1.81 bits per heavy atom. The highest BCUT2D eigenvalue weighted by Crippen LogP contribution is 2.32. The first kappa shape index (κ1) is 17.0. The van der Waals surface area contributed by atoms with Gasteiger partial charge in [-0.05, 0) is 43.1 Å². The van der Waals surface area contributed by atoms with Crippen molar-refractivity contribution in [3.8, 4) is 0 Å². The van der Waals surface area contributed by atoms with Crippen LogP contribution in [0.2, 0.25) is 0 Å². The van der Waals surface area contributed by atoms with Crippen molar-refractivity contribution in [1.29, 1.82) is 0 Å². The first-order valence-electron chi connectivity index (χ1n) is 9.80. The molecule has 2 heterocycles. The van der Waals surface area contributed by atoms with Gasteiger partial charge in [0, 0.05) is 6.54 Å². The van der Waals surface area contributed by atoms with Crippen LogP contribution in [0.15, 0.2) is 42.9 Å². The Balaban J connectivity index is 1.18. The lowest BCUT2D eigenvalue weighted by Gasteiger charge is -2.28. The van der Waals surface area contributed by atoms with Crippen LogP contribution in [0.4, 0.5) is 5.82 Å². The summed E-state index contributed by atoms with van der Waals surface area (Å²) in [5.74, 6) is 2.56. The van der Waals surface area contributed by atoms with Crippen LogP contribution in [0.3, 0.4) is 0 Å².